The summed E-state index contributed by atoms with van der Waals surface area (Å²) in [5, 5.41) is 16.3. The van der Waals surface area contributed by atoms with Crippen LogP contribution in [0.5, 0.6) is 0 Å². The normalized spacial score (nSPS) is 26.1. The SMILES string of the molecule is O=C(N[C@H]1CC[C@H](C(=O)O)C1)c1ccn(C2CCCC2)n1. The lowest BCUT2D eigenvalue weighted by molar-refractivity contribution is -0.141. The first-order chi connectivity index (χ1) is 10.1. The smallest absolute Gasteiger partial charge is 0.306 e. The molecule has 21 heavy (non-hydrogen) atoms. The van der Waals surface area contributed by atoms with E-state index in [4.69, 9.17) is 5.11 Å². The molecular formula is C15H21N3O3. The van der Waals surface area contributed by atoms with E-state index >= 15 is 0 Å². The van der Waals surface area contributed by atoms with Crippen LogP contribution in [-0.2, 0) is 4.79 Å². The molecule has 2 atom stereocenters. The van der Waals surface area contributed by atoms with Crippen LogP contribution in [0.25, 0.3) is 0 Å². The largest absolute Gasteiger partial charge is 0.481 e. The molecule has 2 saturated carbocycles. The van der Waals surface area contributed by atoms with Crippen LogP contribution < -0.4 is 5.32 Å². The predicted octanol–water partition coefficient (Wildman–Crippen LogP) is 1.98. The molecule has 1 heterocycles. The van der Waals surface area contributed by atoms with Crippen molar-refractivity contribution in [1.82, 2.24) is 15.1 Å². The van der Waals surface area contributed by atoms with E-state index in [-0.39, 0.29) is 17.9 Å². The van der Waals surface area contributed by atoms with Crippen LogP contribution in [0.4, 0.5) is 0 Å². The summed E-state index contributed by atoms with van der Waals surface area (Å²) in [5.41, 5.74) is 0.431. The molecule has 2 fully saturated rings. The number of hydrogen-bond acceptors (Lipinski definition) is 3. The van der Waals surface area contributed by atoms with Gasteiger partial charge in [-0.2, -0.15) is 5.10 Å². The van der Waals surface area contributed by atoms with Gasteiger partial charge in [0.05, 0.1) is 12.0 Å². The number of carbonyl (C=O) groups is 2. The predicted molar refractivity (Wildman–Crippen MR) is 76.0 cm³/mol. The number of nitrogens with zero attached hydrogens (tertiary/aromatic N) is 2. The molecule has 1 amide bonds. The van der Waals surface area contributed by atoms with Crippen molar-refractivity contribution < 1.29 is 14.7 Å². The Morgan fingerprint density at radius 3 is 2.67 bits per heavy atom. The number of aromatic nitrogens is 2. The van der Waals surface area contributed by atoms with E-state index in [9.17, 15) is 9.59 Å². The van der Waals surface area contributed by atoms with Crippen molar-refractivity contribution >= 4 is 11.9 Å². The van der Waals surface area contributed by atoms with E-state index in [1.54, 1.807) is 6.07 Å². The van der Waals surface area contributed by atoms with Crippen molar-refractivity contribution in [1.29, 1.82) is 0 Å². The Hall–Kier alpha value is -1.85. The molecule has 2 N–H and O–H groups in total. The van der Waals surface area contributed by atoms with Gasteiger partial charge in [-0.15, -0.1) is 0 Å². The molecule has 0 spiro atoms. The Kier molecular flexibility index (Phi) is 3.94. The number of nitrogens with one attached hydrogen (secondary N) is 1. The number of carboxylic acid groups (broad SMARTS) is 1. The first-order valence-electron chi connectivity index (χ1n) is 7.72. The van der Waals surface area contributed by atoms with Gasteiger partial charge in [0.25, 0.3) is 5.91 Å². The van der Waals surface area contributed by atoms with Crippen molar-refractivity contribution in [3.63, 3.8) is 0 Å². The number of aliphatic carboxylic acids is 1. The summed E-state index contributed by atoms with van der Waals surface area (Å²) in [4.78, 5) is 23.1. The number of carboxylic acids is 1. The Morgan fingerprint density at radius 1 is 1.24 bits per heavy atom. The topological polar surface area (TPSA) is 84.2 Å². The molecule has 6 heteroatoms. The summed E-state index contributed by atoms with van der Waals surface area (Å²) in [6.45, 7) is 0. The summed E-state index contributed by atoms with van der Waals surface area (Å²) in [6.07, 6.45) is 8.47. The first kappa shape index (κ1) is 14.1. The highest BCUT2D eigenvalue weighted by atomic mass is 16.4. The van der Waals surface area contributed by atoms with E-state index in [0.717, 1.165) is 19.3 Å². The minimum absolute atomic E-state index is 0.0461. The summed E-state index contributed by atoms with van der Waals surface area (Å²) in [6, 6.07) is 2.13. The summed E-state index contributed by atoms with van der Waals surface area (Å²) in [5.74, 6) is -1.29. The zero-order valence-electron chi connectivity index (χ0n) is 12.0. The Balaban J connectivity index is 1.57. The molecule has 0 aliphatic heterocycles. The van der Waals surface area contributed by atoms with Crippen LogP contribution in [0.2, 0.25) is 0 Å². The molecule has 0 radical (unpaired) electrons. The van der Waals surface area contributed by atoms with Crippen molar-refractivity contribution in [2.45, 2.75) is 57.0 Å². The zero-order valence-corrected chi connectivity index (χ0v) is 12.0. The van der Waals surface area contributed by atoms with Gasteiger partial charge in [-0.05, 0) is 38.2 Å². The van der Waals surface area contributed by atoms with Crippen LogP contribution in [0.1, 0.15) is 61.5 Å². The van der Waals surface area contributed by atoms with E-state index in [2.05, 4.69) is 10.4 Å². The molecule has 1 aromatic heterocycles. The molecule has 3 rings (SSSR count). The van der Waals surface area contributed by atoms with Crippen LogP contribution in [0, 0.1) is 5.92 Å². The third-order valence-corrected chi connectivity index (χ3v) is 4.66. The molecular weight excluding hydrogens is 270 g/mol. The van der Waals surface area contributed by atoms with Gasteiger partial charge in [-0.1, -0.05) is 12.8 Å². The number of amides is 1. The number of carbonyl (C=O) groups excluding carboxylic acids is 1. The Bertz CT molecular complexity index is 534. The fraction of sp³-hybridized carbons (Fsp3) is 0.667. The highest BCUT2D eigenvalue weighted by molar-refractivity contribution is 5.92. The molecule has 1 aromatic rings. The molecule has 6 nitrogen and oxygen atoms in total. The molecule has 114 valence electrons. The van der Waals surface area contributed by atoms with Crippen LogP contribution in [0.15, 0.2) is 12.3 Å². The zero-order chi connectivity index (χ0) is 14.8. The van der Waals surface area contributed by atoms with Gasteiger partial charge in [0, 0.05) is 12.2 Å². The van der Waals surface area contributed by atoms with Crippen molar-refractivity contribution in [3.05, 3.63) is 18.0 Å². The second kappa shape index (κ2) is 5.87. The lowest BCUT2D eigenvalue weighted by Gasteiger charge is -2.11. The van der Waals surface area contributed by atoms with Gasteiger partial charge >= 0.3 is 5.97 Å². The van der Waals surface area contributed by atoms with Crippen LogP contribution in [-0.4, -0.2) is 32.8 Å². The first-order valence-corrected chi connectivity index (χ1v) is 7.72. The van der Waals surface area contributed by atoms with Gasteiger partial charge in [0.15, 0.2) is 0 Å². The van der Waals surface area contributed by atoms with Crippen LogP contribution in [0.3, 0.4) is 0 Å². The molecule has 0 saturated heterocycles. The average Bonchev–Trinajstić information content (AvgIpc) is 3.19. The highest BCUT2D eigenvalue weighted by Crippen LogP contribution is 2.29. The maximum Gasteiger partial charge on any atom is 0.306 e. The van der Waals surface area contributed by atoms with E-state index in [1.807, 2.05) is 10.9 Å². The minimum Gasteiger partial charge on any atom is -0.481 e. The molecule has 0 bridgehead atoms. The van der Waals surface area contributed by atoms with Crippen molar-refractivity contribution in [3.8, 4) is 0 Å². The van der Waals surface area contributed by atoms with Crippen molar-refractivity contribution in [2.75, 3.05) is 0 Å². The fourth-order valence-corrected chi connectivity index (χ4v) is 3.43. The lowest BCUT2D eigenvalue weighted by atomic mass is 10.1. The Morgan fingerprint density at radius 2 is 2.00 bits per heavy atom. The minimum atomic E-state index is -0.766. The summed E-state index contributed by atoms with van der Waals surface area (Å²) in [7, 11) is 0. The molecule has 2 aliphatic rings. The molecule has 0 unspecified atom stereocenters. The summed E-state index contributed by atoms with van der Waals surface area (Å²) < 4.78 is 1.90. The Labute approximate surface area is 123 Å². The molecule has 0 aromatic carbocycles. The van der Waals surface area contributed by atoms with E-state index in [0.29, 0.717) is 24.6 Å². The maximum atomic E-state index is 12.2. The standard InChI is InChI=1S/C15H21N3O3/c19-14(16-11-6-5-10(9-11)15(20)21)13-7-8-18(17-13)12-3-1-2-4-12/h7-8,10-12H,1-6,9H2,(H,16,19)(H,20,21)/t10-,11-/m0/s1. The van der Waals surface area contributed by atoms with Gasteiger partial charge in [0.1, 0.15) is 5.69 Å². The third-order valence-electron chi connectivity index (χ3n) is 4.66. The fourth-order valence-electron chi connectivity index (χ4n) is 3.43. The van der Waals surface area contributed by atoms with Crippen molar-refractivity contribution in [2.24, 2.45) is 5.92 Å². The van der Waals surface area contributed by atoms with E-state index < -0.39 is 5.97 Å². The monoisotopic (exact) mass is 291 g/mol. The van der Waals surface area contributed by atoms with Gasteiger partial charge < -0.3 is 10.4 Å². The maximum absolute atomic E-state index is 12.2. The lowest BCUT2D eigenvalue weighted by Crippen LogP contribution is -2.33. The average molecular weight is 291 g/mol. The second-order valence-corrected chi connectivity index (χ2v) is 6.14. The highest BCUT2D eigenvalue weighted by Gasteiger charge is 2.31. The quantitative estimate of drug-likeness (QED) is 0.888. The van der Waals surface area contributed by atoms with Gasteiger partial charge in [-0.3, -0.25) is 14.3 Å². The summed E-state index contributed by atoms with van der Waals surface area (Å²) >= 11 is 0. The number of rotatable bonds is 4. The second-order valence-electron chi connectivity index (χ2n) is 6.14. The van der Waals surface area contributed by atoms with Gasteiger partial charge in [-0.25, -0.2) is 0 Å². The number of hydrogen-bond donors (Lipinski definition) is 2. The molecule has 2 aliphatic carbocycles. The van der Waals surface area contributed by atoms with Gasteiger partial charge in [0.2, 0.25) is 0 Å². The van der Waals surface area contributed by atoms with E-state index in [1.165, 1.54) is 12.8 Å². The van der Waals surface area contributed by atoms with Crippen LogP contribution >= 0.6 is 0 Å². The third kappa shape index (κ3) is 3.09.